The summed E-state index contributed by atoms with van der Waals surface area (Å²) in [6, 6.07) is 0. The third-order valence-electron chi connectivity index (χ3n) is 2.77. The lowest BCUT2D eigenvalue weighted by Crippen LogP contribution is -2.51. The van der Waals surface area contributed by atoms with E-state index in [4.69, 9.17) is 0 Å². The van der Waals surface area contributed by atoms with Crippen LogP contribution >= 0.6 is 0 Å². The third-order valence-corrected chi connectivity index (χ3v) is 4.80. The molecule has 0 N–H and O–H groups in total. The Morgan fingerprint density at radius 2 is 1.78 bits per heavy atom. The van der Waals surface area contributed by atoms with E-state index in [1.165, 1.54) is 25.9 Å². The summed E-state index contributed by atoms with van der Waals surface area (Å²) < 4.78 is 26.1. The minimum Gasteiger partial charge on any atom is -0.468 e. The van der Waals surface area contributed by atoms with Crippen LogP contribution in [0.25, 0.3) is 0 Å². The first-order chi connectivity index (χ1) is 8.07. The molecule has 18 heavy (non-hydrogen) atoms. The Kier molecular flexibility index (Phi) is 5.79. The molecule has 0 fully saturated rings. The highest BCUT2D eigenvalue weighted by molar-refractivity contribution is 7.92. The van der Waals surface area contributed by atoms with E-state index in [-0.39, 0.29) is 6.54 Å². The van der Waals surface area contributed by atoms with Crippen LogP contribution in [-0.2, 0) is 24.2 Å². The van der Waals surface area contributed by atoms with Gasteiger partial charge in [0.05, 0.1) is 7.11 Å². The standard InChI is InChI=1S/C11H21NO5S/c1-6-7-12(8-9(13)17-4)10(14)11(2,3)18(5,15)16/h6-8H2,1-5H3. The predicted octanol–water partition coefficient (Wildman–Crippen LogP) is 0.221. The van der Waals surface area contributed by atoms with Crippen LogP contribution in [0.2, 0.25) is 0 Å². The van der Waals surface area contributed by atoms with Gasteiger partial charge in [0.15, 0.2) is 9.84 Å². The second-order valence-corrected chi connectivity index (χ2v) is 7.15. The average Bonchev–Trinajstić information content (AvgIpc) is 2.25. The van der Waals surface area contributed by atoms with Gasteiger partial charge in [-0.25, -0.2) is 8.42 Å². The molecular formula is C11H21NO5S. The largest absolute Gasteiger partial charge is 0.468 e. The quantitative estimate of drug-likeness (QED) is 0.650. The topological polar surface area (TPSA) is 80.8 Å². The van der Waals surface area contributed by atoms with Crippen molar-refractivity contribution in [2.75, 3.05) is 26.5 Å². The van der Waals surface area contributed by atoms with Crippen LogP contribution in [0.5, 0.6) is 0 Å². The number of hydrogen-bond acceptors (Lipinski definition) is 5. The lowest BCUT2D eigenvalue weighted by atomic mass is 10.1. The zero-order valence-corrected chi connectivity index (χ0v) is 12.3. The monoisotopic (exact) mass is 279 g/mol. The van der Waals surface area contributed by atoms with E-state index in [9.17, 15) is 18.0 Å². The maximum atomic E-state index is 12.2. The second kappa shape index (κ2) is 6.17. The summed E-state index contributed by atoms with van der Waals surface area (Å²) in [6.45, 7) is 4.59. The number of hydrogen-bond donors (Lipinski definition) is 0. The molecule has 0 radical (unpaired) electrons. The van der Waals surface area contributed by atoms with Crippen molar-refractivity contribution >= 4 is 21.7 Å². The molecule has 106 valence electrons. The molecule has 0 aromatic rings. The van der Waals surface area contributed by atoms with E-state index in [2.05, 4.69) is 4.74 Å². The van der Waals surface area contributed by atoms with Gasteiger partial charge in [-0.15, -0.1) is 0 Å². The van der Waals surface area contributed by atoms with Crippen LogP contribution in [0.1, 0.15) is 27.2 Å². The number of sulfone groups is 1. The van der Waals surface area contributed by atoms with E-state index in [1.807, 2.05) is 6.92 Å². The van der Waals surface area contributed by atoms with Crippen molar-refractivity contribution in [3.63, 3.8) is 0 Å². The molecule has 0 aliphatic heterocycles. The zero-order valence-electron chi connectivity index (χ0n) is 11.5. The van der Waals surface area contributed by atoms with E-state index < -0.39 is 26.5 Å². The van der Waals surface area contributed by atoms with E-state index in [0.29, 0.717) is 13.0 Å². The molecule has 0 saturated carbocycles. The maximum Gasteiger partial charge on any atom is 0.325 e. The number of methoxy groups -OCH3 is 1. The Balaban J connectivity index is 5.15. The van der Waals surface area contributed by atoms with Crippen LogP contribution in [0.3, 0.4) is 0 Å². The van der Waals surface area contributed by atoms with Gasteiger partial charge < -0.3 is 9.64 Å². The highest BCUT2D eigenvalue weighted by Crippen LogP contribution is 2.19. The summed E-state index contributed by atoms with van der Waals surface area (Å²) in [4.78, 5) is 24.6. The lowest BCUT2D eigenvalue weighted by Gasteiger charge is -2.29. The molecule has 0 aromatic heterocycles. The molecule has 7 heteroatoms. The second-order valence-electron chi connectivity index (χ2n) is 4.59. The number of rotatable bonds is 6. The van der Waals surface area contributed by atoms with Gasteiger partial charge in [0.2, 0.25) is 5.91 Å². The number of nitrogens with zero attached hydrogens (tertiary/aromatic N) is 1. The first kappa shape index (κ1) is 16.9. The summed E-state index contributed by atoms with van der Waals surface area (Å²) in [7, 11) is -2.33. The minimum atomic E-state index is -3.55. The molecule has 0 unspecified atom stereocenters. The Morgan fingerprint density at radius 1 is 1.28 bits per heavy atom. The lowest BCUT2D eigenvalue weighted by molar-refractivity contribution is -0.147. The molecule has 0 heterocycles. The van der Waals surface area contributed by atoms with Crippen molar-refractivity contribution in [1.82, 2.24) is 4.90 Å². The van der Waals surface area contributed by atoms with Crippen molar-refractivity contribution in [2.24, 2.45) is 0 Å². The highest BCUT2D eigenvalue weighted by Gasteiger charge is 2.41. The summed E-state index contributed by atoms with van der Waals surface area (Å²) in [6.07, 6.45) is 1.63. The van der Waals surface area contributed by atoms with Gasteiger partial charge in [-0.1, -0.05) is 6.92 Å². The number of carbonyl (C=O) groups is 2. The Morgan fingerprint density at radius 3 is 2.11 bits per heavy atom. The molecule has 1 amide bonds. The zero-order chi connectivity index (χ0) is 14.6. The van der Waals surface area contributed by atoms with Crippen LogP contribution < -0.4 is 0 Å². The minimum absolute atomic E-state index is 0.234. The molecule has 0 rings (SSSR count). The van der Waals surface area contributed by atoms with E-state index in [1.54, 1.807) is 0 Å². The van der Waals surface area contributed by atoms with Crippen LogP contribution in [0.15, 0.2) is 0 Å². The van der Waals surface area contributed by atoms with Gasteiger partial charge in [0.1, 0.15) is 11.3 Å². The highest BCUT2D eigenvalue weighted by atomic mass is 32.2. The van der Waals surface area contributed by atoms with Gasteiger partial charge in [-0.2, -0.15) is 0 Å². The van der Waals surface area contributed by atoms with E-state index in [0.717, 1.165) is 6.26 Å². The molecule has 0 aromatic carbocycles. The Hall–Kier alpha value is -1.11. The van der Waals surface area contributed by atoms with Crippen molar-refractivity contribution in [3.8, 4) is 0 Å². The van der Waals surface area contributed by atoms with Crippen molar-refractivity contribution < 1.29 is 22.7 Å². The van der Waals surface area contributed by atoms with Crippen LogP contribution in [-0.4, -0.2) is 56.4 Å². The fraction of sp³-hybridized carbons (Fsp3) is 0.818. The SMILES string of the molecule is CCCN(CC(=O)OC)C(=O)C(C)(C)S(C)(=O)=O. The number of esters is 1. The molecular weight excluding hydrogens is 258 g/mol. The van der Waals surface area contributed by atoms with Crippen molar-refractivity contribution in [2.45, 2.75) is 31.9 Å². The molecule has 0 aliphatic rings. The first-order valence-corrected chi connectivity index (χ1v) is 7.52. The van der Waals surface area contributed by atoms with Crippen molar-refractivity contribution in [1.29, 1.82) is 0 Å². The molecule has 0 bridgehead atoms. The summed E-state index contributed by atoms with van der Waals surface area (Å²) in [5.74, 6) is -1.15. The van der Waals surface area contributed by atoms with Gasteiger partial charge in [-0.05, 0) is 20.3 Å². The van der Waals surface area contributed by atoms with Gasteiger partial charge in [0, 0.05) is 12.8 Å². The third kappa shape index (κ3) is 3.97. The van der Waals surface area contributed by atoms with Crippen LogP contribution in [0, 0.1) is 0 Å². The predicted molar refractivity (Wildman–Crippen MR) is 67.8 cm³/mol. The molecule has 0 aliphatic carbocycles. The number of carbonyl (C=O) groups excluding carboxylic acids is 2. The van der Waals surface area contributed by atoms with Gasteiger partial charge >= 0.3 is 5.97 Å². The Bertz CT molecular complexity index is 413. The maximum absolute atomic E-state index is 12.2. The fourth-order valence-corrected chi connectivity index (χ4v) is 1.73. The number of amides is 1. The summed E-state index contributed by atoms with van der Waals surface area (Å²) >= 11 is 0. The summed E-state index contributed by atoms with van der Waals surface area (Å²) in [5, 5.41) is 0. The summed E-state index contributed by atoms with van der Waals surface area (Å²) in [5.41, 5.74) is 0. The van der Waals surface area contributed by atoms with Gasteiger partial charge in [0.25, 0.3) is 0 Å². The van der Waals surface area contributed by atoms with Crippen LogP contribution in [0.4, 0.5) is 0 Å². The number of ether oxygens (including phenoxy) is 1. The fourth-order valence-electron chi connectivity index (χ4n) is 1.28. The van der Waals surface area contributed by atoms with Gasteiger partial charge in [-0.3, -0.25) is 9.59 Å². The molecule has 6 nitrogen and oxygen atoms in total. The average molecular weight is 279 g/mol. The Labute approximate surface area is 108 Å². The normalized spacial score (nSPS) is 12.1. The van der Waals surface area contributed by atoms with E-state index >= 15 is 0 Å². The molecule has 0 atom stereocenters. The first-order valence-electron chi connectivity index (χ1n) is 5.63. The molecule has 0 spiro atoms. The molecule has 0 saturated heterocycles. The van der Waals surface area contributed by atoms with Crippen molar-refractivity contribution in [3.05, 3.63) is 0 Å². The smallest absolute Gasteiger partial charge is 0.325 e.